The van der Waals surface area contributed by atoms with E-state index in [9.17, 15) is 0 Å². The molecular formula is C15H26N4. The highest BCUT2D eigenvalue weighted by molar-refractivity contribution is 5.59. The third kappa shape index (κ3) is 2.99. The van der Waals surface area contributed by atoms with E-state index in [4.69, 9.17) is 0 Å². The van der Waals surface area contributed by atoms with E-state index < -0.39 is 0 Å². The van der Waals surface area contributed by atoms with Gasteiger partial charge in [-0.2, -0.15) is 0 Å². The van der Waals surface area contributed by atoms with Gasteiger partial charge in [-0.05, 0) is 24.7 Å². The van der Waals surface area contributed by atoms with E-state index in [1.807, 2.05) is 0 Å². The van der Waals surface area contributed by atoms with E-state index >= 15 is 0 Å². The fourth-order valence-corrected chi connectivity index (χ4v) is 2.70. The molecule has 1 aliphatic rings. The summed E-state index contributed by atoms with van der Waals surface area (Å²) < 4.78 is 0. The zero-order valence-corrected chi connectivity index (χ0v) is 12.6. The lowest BCUT2D eigenvalue weighted by molar-refractivity contribution is 0.494. The van der Waals surface area contributed by atoms with Gasteiger partial charge in [-0.3, -0.25) is 0 Å². The predicted molar refractivity (Wildman–Crippen MR) is 80.7 cm³/mol. The van der Waals surface area contributed by atoms with Gasteiger partial charge in [-0.15, -0.1) is 0 Å². The number of aromatic nitrogens is 2. The molecular weight excluding hydrogens is 236 g/mol. The highest BCUT2D eigenvalue weighted by Crippen LogP contribution is 2.31. The summed E-state index contributed by atoms with van der Waals surface area (Å²) in [5, 5.41) is 3.42. The number of hydrogen-bond acceptors (Lipinski definition) is 4. The maximum absolute atomic E-state index is 4.54. The summed E-state index contributed by atoms with van der Waals surface area (Å²) in [6.07, 6.45) is 3.78. The first-order chi connectivity index (χ1) is 9.17. The van der Waals surface area contributed by atoms with Gasteiger partial charge in [0.05, 0.1) is 0 Å². The monoisotopic (exact) mass is 262 g/mol. The zero-order valence-electron chi connectivity index (χ0n) is 12.6. The van der Waals surface area contributed by atoms with Gasteiger partial charge in [0.2, 0.25) is 0 Å². The maximum Gasteiger partial charge on any atom is 0.137 e. The van der Waals surface area contributed by atoms with Crippen molar-refractivity contribution in [3.05, 3.63) is 11.9 Å². The van der Waals surface area contributed by atoms with E-state index in [2.05, 4.69) is 47.9 Å². The molecule has 4 heteroatoms. The van der Waals surface area contributed by atoms with Crippen LogP contribution in [-0.4, -0.2) is 29.6 Å². The van der Waals surface area contributed by atoms with E-state index in [-0.39, 0.29) is 0 Å². The summed E-state index contributed by atoms with van der Waals surface area (Å²) in [5.41, 5.74) is 1.26. The first kappa shape index (κ1) is 14.1. The molecule has 0 aromatic carbocycles. The van der Waals surface area contributed by atoms with Crippen molar-refractivity contribution in [1.29, 1.82) is 0 Å². The number of nitrogens with one attached hydrogen (secondary N) is 1. The molecule has 106 valence electrons. The molecule has 1 aromatic heterocycles. The lowest BCUT2D eigenvalue weighted by atomic mass is 10.0. The molecule has 0 radical (unpaired) electrons. The van der Waals surface area contributed by atoms with Gasteiger partial charge in [0, 0.05) is 25.2 Å². The molecule has 2 heterocycles. The molecule has 0 amide bonds. The van der Waals surface area contributed by atoms with Gasteiger partial charge in [-0.1, -0.05) is 27.7 Å². The lowest BCUT2D eigenvalue weighted by Crippen LogP contribution is -2.23. The molecule has 1 aliphatic heterocycles. The van der Waals surface area contributed by atoms with Crippen molar-refractivity contribution in [3.8, 4) is 0 Å². The number of rotatable bonds is 5. The number of anilines is 2. The predicted octanol–water partition coefficient (Wildman–Crippen LogP) is 2.95. The third-order valence-corrected chi connectivity index (χ3v) is 4.11. The van der Waals surface area contributed by atoms with Gasteiger partial charge in [0.1, 0.15) is 18.0 Å². The minimum Gasteiger partial charge on any atom is -0.370 e. The van der Waals surface area contributed by atoms with Crippen LogP contribution in [0, 0.1) is 11.8 Å². The van der Waals surface area contributed by atoms with E-state index in [1.165, 1.54) is 5.56 Å². The van der Waals surface area contributed by atoms with E-state index in [0.29, 0.717) is 0 Å². The van der Waals surface area contributed by atoms with Crippen LogP contribution in [0.15, 0.2) is 6.33 Å². The highest BCUT2D eigenvalue weighted by atomic mass is 15.2. The number of hydrogen-bond donors (Lipinski definition) is 1. The first-order valence-corrected chi connectivity index (χ1v) is 7.50. The van der Waals surface area contributed by atoms with Crippen LogP contribution in [0.1, 0.15) is 39.7 Å². The van der Waals surface area contributed by atoms with Crippen molar-refractivity contribution >= 4 is 11.6 Å². The molecule has 2 atom stereocenters. The van der Waals surface area contributed by atoms with Crippen LogP contribution in [0.25, 0.3) is 0 Å². The molecule has 1 N–H and O–H groups in total. The molecule has 1 aromatic rings. The Bertz CT molecular complexity index is 409. The molecule has 4 nitrogen and oxygen atoms in total. The standard InChI is InChI=1S/C15H26N4/c1-5-7-16-14-13(6-2)15(18-10-17-14)19-8-11(3)12(4)9-19/h10-12H,5-9H2,1-4H3,(H,16,17,18). The van der Waals surface area contributed by atoms with Crippen molar-refractivity contribution in [2.24, 2.45) is 11.8 Å². The van der Waals surface area contributed by atoms with Crippen LogP contribution in [0.3, 0.4) is 0 Å². The van der Waals surface area contributed by atoms with Crippen LogP contribution < -0.4 is 10.2 Å². The Kier molecular flexibility index (Phi) is 4.61. The molecule has 1 fully saturated rings. The van der Waals surface area contributed by atoms with Gasteiger partial charge in [-0.25, -0.2) is 9.97 Å². The van der Waals surface area contributed by atoms with Crippen molar-refractivity contribution < 1.29 is 0 Å². The normalized spacial score (nSPS) is 22.8. The maximum atomic E-state index is 4.54. The smallest absolute Gasteiger partial charge is 0.137 e. The fraction of sp³-hybridized carbons (Fsp3) is 0.733. The van der Waals surface area contributed by atoms with Crippen LogP contribution in [-0.2, 0) is 6.42 Å². The summed E-state index contributed by atoms with van der Waals surface area (Å²) >= 11 is 0. The Morgan fingerprint density at radius 3 is 2.47 bits per heavy atom. The Hall–Kier alpha value is -1.32. The molecule has 0 aliphatic carbocycles. The molecule has 0 saturated carbocycles. The average Bonchev–Trinajstić information content (AvgIpc) is 2.75. The molecule has 2 rings (SSSR count). The third-order valence-electron chi connectivity index (χ3n) is 4.11. The van der Waals surface area contributed by atoms with Crippen LogP contribution in [0.5, 0.6) is 0 Å². The molecule has 2 unspecified atom stereocenters. The SMILES string of the molecule is CCCNc1ncnc(N2CC(C)C(C)C2)c1CC. The summed E-state index contributed by atoms with van der Waals surface area (Å²) in [5.74, 6) is 3.63. The van der Waals surface area contributed by atoms with Crippen molar-refractivity contribution in [2.75, 3.05) is 29.9 Å². The van der Waals surface area contributed by atoms with Crippen molar-refractivity contribution in [2.45, 2.75) is 40.5 Å². The molecule has 0 bridgehead atoms. The Morgan fingerprint density at radius 2 is 1.89 bits per heavy atom. The second kappa shape index (κ2) is 6.22. The highest BCUT2D eigenvalue weighted by Gasteiger charge is 2.28. The Balaban J connectivity index is 2.25. The topological polar surface area (TPSA) is 41.1 Å². The van der Waals surface area contributed by atoms with Crippen molar-refractivity contribution in [3.63, 3.8) is 0 Å². The average molecular weight is 262 g/mol. The van der Waals surface area contributed by atoms with Crippen molar-refractivity contribution in [1.82, 2.24) is 9.97 Å². The van der Waals surface area contributed by atoms with Gasteiger partial charge < -0.3 is 10.2 Å². The van der Waals surface area contributed by atoms with Gasteiger partial charge in [0.15, 0.2) is 0 Å². The van der Waals surface area contributed by atoms with Crippen LogP contribution in [0.4, 0.5) is 11.6 Å². The summed E-state index contributed by atoms with van der Waals surface area (Å²) in [6, 6.07) is 0. The second-order valence-electron chi connectivity index (χ2n) is 5.66. The van der Waals surface area contributed by atoms with E-state index in [1.54, 1.807) is 6.33 Å². The quantitative estimate of drug-likeness (QED) is 0.886. The minimum absolute atomic E-state index is 0.742. The van der Waals surface area contributed by atoms with Gasteiger partial charge >= 0.3 is 0 Å². The Labute approximate surface area is 116 Å². The minimum atomic E-state index is 0.742. The van der Waals surface area contributed by atoms with Crippen LogP contribution in [0.2, 0.25) is 0 Å². The summed E-state index contributed by atoms with van der Waals surface area (Å²) in [6.45, 7) is 12.2. The lowest BCUT2D eigenvalue weighted by Gasteiger charge is -2.21. The molecule has 0 spiro atoms. The zero-order chi connectivity index (χ0) is 13.8. The van der Waals surface area contributed by atoms with Gasteiger partial charge in [0.25, 0.3) is 0 Å². The fourth-order valence-electron chi connectivity index (χ4n) is 2.70. The van der Waals surface area contributed by atoms with E-state index in [0.717, 1.165) is 55.9 Å². The first-order valence-electron chi connectivity index (χ1n) is 7.50. The van der Waals surface area contributed by atoms with Crippen LogP contribution >= 0.6 is 0 Å². The molecule has 19 heavy (non-hydrogen) atoms. The largest absolute Gasteiger partial charge is 0.370 e. The summed E-state index contributed by atoms with van der Waals surface area (Å²) in [7, 11) is 0. The second-order valence-corrected chi connectivity index (χ2v) is 5.66. The molecule has 1 saturated heterocycles. The summed E-state index contributed by atoms with van der Waals surface area (Å²) in [4.78, 5) is 11.4. The Morgan fingerprint density at radius 1 is 1.21 bits per heavy atom. The number of nitrogens with zero attached hydrogens (tertiary/aromatic N) is 3.